The lowest BCUT2D eigenvalue weighted by Crippen LogP contribution is -2.27. The van der Waals surface area contributed by atoms with Gasteiger partial charge in [-0.2, -0.15) is 12.6 Å². The molecule has 15 heavy (non-hydrogen) atoms. The summed E-state index contributed by atoms with van der Waals surface area (Å²) in [6.45, 7) is 6.35. The Bertz CT molecular complexity index is 208. The van der Waals surface area contributed by atoms with Gasteiger partial charge in [-0.25, -0.2) is 0 Å². The predicted octanol–water partition coefficient (Wildman–Crippen LogP) is 2.59. The van der Waals surface area contributed by atoms with Crippen molar-refractivity contribution in [1.82, 2.24) is 4.90 Å². The van der Waals surface area contributed by atoms with Crippen molar-refractivity contribution >= 4 is 18.5 Å². The van der Waals surface area contributed by atoms with Gasteiger partial charge >= 0.3 is 0 Å². The molecule has 2 atom stereocenters. The van der Waals surface area contributed by atoms with E-state index < -0.39 is 0 Å². The molecule has 1 saturated heterocycles. The van der Waals surface area contributed by atoms with Crippen molar-refractivity contribution in [1.29, 1.82) is 0 Å². The summed E-state index contributed by atoms with van der Waals surface area (Å²) in [6, 6.07) is 0. The van der Waals surface area contributed by atoms with Gasteiger partial charge in [0, 0.05) is 19.5 Å². The van der Waals surface area contributed by atoms with Crippen molar-refractivity contribution < 1.29 is 4.79 Å². The molecule has 88 valence electrons. The molecule has 0 saturated carbocycles. The van der Waals surface area contributed by atoms with Crippen molar-refractivity contribution in [2.75, 3.05) is 18.8 Å². The van der Waals surface area contributed by atoms with Crippen LogP contribution in [0.15, 0.2) is 0 Å². The first-order chi connectivity index (χ1) is 7.17. The molecule has 2 nitrogen and oxygen atoms in total. The van der Waals surface area contributed by atoms with Crippen molar-refractivity contribution in [3.05, 3.63) is 0 Å². The van der Waals surface area contributed by atoms with E-state index in [9.17, 15) is 4.79 Å². The van der Waals surface area contributed by atoms with Gasteiger partial charge in [-0.3, -0.25) is 4.79 Å². The fourth-order valence-corrected chi connectivity index (χ4v) is 2.53. The Balaban J connectivity index is 2.24. The molecule has 2 unspecified atom stereocenters. The van der Waals surface area contributed by atoms with Crippen molar-refractivity contribution in [2.45, 2.75) is 39.5 Å². The Kier molecular flexibility index (Phi) is 5.51. The summed E-state index contributed by atoms with van der Waals surface area (Å²) in [6.07, 6.45) is 4.19. The van der Waals surface area contributed by atoms with E-state index in [0.717, 1.165) is 44.5 Å². The Hall–Kier alpha value is -0.180. The van der Waals surface area contributed by atoms with Gasteiger partial charge in [0.25, 0.3) is 0 Å². The van der Waals surface area contributed by atoms with Gasteiger partial charge in [0.2, 0.25) is 5.91 Å². The summed E-state index contributed by atoms with van der Waals surface area (Å²) >= 11 is 4.23. The van der Waals surface area contributed by atoms with Gasteiger partial charge in [-0.05, 0) is 30.4 Å². The van der Waals surface area contributed by atoms with E-state index in [2.05, 4.69) is 26.5 Å². The van der Waals surface area contributed by atoms with Gasteiger partial charge < -0.3 is 4.90 Å². The second-order valence-corrected chi connectivity index (χ2v) is 5.17. The van der Waals surface area contributed by atoms with Gasteiger partial charge in [0.1, 0.15) is 0 Å². The Morgan fingerprint density at radius 3 is 2.80 bits per heavy atom. The van der Waals surface area contributed by atoms with Crippen LogP contribution in [0, 0.1) is 11.8 Å². The maximum Gasteiger partial charge on any atom is 0.222 e. The minimum atomic E-state index is 0.361. The third-order valence-corrected chi connectivity index (χ3v) is 3.64. The predicted molar refractivity (Wildman–Crippen MR) is 67.2 cm³/mol. The molecule has 0 aromatic carbocycles. The number of likely N-dealkylation sites (tertiary alicyclic amines) is 1. The van der Waals surface area contributed by atoms with E-state index in [1.165, 1.54) is 0 Å². The molecule has 3 heteroatoms. The van der Waals surface area contributed by atoms with E-state index in [-0.39, 0.29) is 0 Å². The van der Waals surface area contributed by atoms with E-state index in [0.29, 0.717) is 17.7 Å². The topological polar surface area (TPSA) is 20.3 Å². The first-order valence-electron chi connectivity index (χ1n) is 6.06. The smallest absolute Gasteiger partial charge is 0.222 e. The monoisotopic (exact) mass is 229 g/mol. The highest BCUT2D eigenvalue weighted by atomic mass is 32.1. The number of rotatable bonds is 6. The molecule has 0 spiro atoms. The number of amides is 1. The van der Waals surface area contributed by atoms with Crippen molar-refractivity contribution in [3.8, 4) is 0 Å². The zero-order valence-corrected chi connectivity index (χ0v) is 10.8. The van der Waals surface area contributed by atoms with Crippen LogP contribution in [-0.4, -0.2) is 29.6 Å². The average Bonchev–Trinajstić information content (AvgIpc) is 2.57. The standard InChI is InChI=1S/C12H23NOS/c1-3-11-8-12(14)13(9-11)6-4-10(2)5-7-15/h10-11,15H,3-9H2,1-2H3. The third kappa shape index (κ3) is 4.06. The summed E-state index contributed by atoms with van der Waals surface area (Å²) < 4.78 is 0. The highest BCUT2D eigenvalue weighted by Gasteiger charge is 2.27. The van der Waals surface area contributed by atoms with Gasteiger partial charge in [-0.1, -0.05) is 20.3 Å². The van der Waals surface area contributed by atoms with E-state index >= 15 is 0 Å². The van der Waals surface area contributed by atoms with Gasteiger partial charge in [0.05, 0.1) is 0 Å². The van der Waals surface area contributed by atoms with Crippen LogP contribution in [0.2, 0.25) is 0 Å². The molecule has 0 aromatic heterocycles. The summed E-state index contributed by atoms with van der Waals surface area (Å²) in [5, 5.41) is 0. The van der Waals surface area contributed by atoms with E-state index in [4.69, 9.17) is 0 Å². The first-order valence-corrected chi connectivity index (χ1v) is 6.69. The maximum atomic E-state index is 11.6. The zero-order chi connectivity index (χ0) is 11.3. The molecule has 1 aliphatic rings. The van der Waals surface area contributed by atoms with Gasteiger partial charge in [-0.15, -0.1) is 0 Å². The summed E-state index contributed by atoms with van der Waals surface area (Å²) in [5.41, 5.74) is 0. The van der Waals surface area contributed by atoms with E-state index in [1.54, 1.807) is 0 Å². The minimum Gasteiger partial charge on any atom is -0.342 e. The Labute approximate surface area is 98.8 Å². The minimum absolute atomic E-state index is 0.361. The summed E-state index contributed by atoms with van der Waals surface area (Å²) in [4.78, 5) is 13.7. The normalized spacial score (nSPS) is 23.5. The van der Waals surface area contributed by atoms with Crippen LogP contribution in [0.1, 0.15) is 39.5 Å². The number of thiol groups is 1. The Morgan fingerprint density at radius 2 is 2.27 bits per heavy atom. The molecule has 1 aliphatic heterocycles. The fourth-order valence-electron chi connectivity index (χ4n) is 2.08. The van der Waals surface area contributed by atoms with Crippen LogP contribution in [0.3, 0.4) is 0 Å². The average molecular weight is 229 g/mol. The highest BCUT2D eigenvalue weighted by molar-refractivity contribution is 7.80. The van der Waals surface area contributed by atoms with Crippen LogP contribution >= 0.6 is 12.6 Å². The van der Waals surface area contributed by atoms with Crippen LogP contribution in [0.4, 0.5) is 0 Å². The number of carbonyl (C=O) groups excluding carboxylic acids is 1. The number of hydrogen-bond donors (Lipinski definition) is 1. The molecule has 1 rings (SSSR count). The van der Waals surface area contributed by atoms with Crippen molar-refractivity contribution in [3.63, 3.8) is 0 Å². The molecular formula is C12H23NOS. The Morgan fingerprint density at radius 1 is 1.53 bits per heavy atom. The molecule has 0 aliphatic carbocycles. The second kappa shape index (κ2) is 6.41. The first kappa shape index (κ1) is 12.9. The van der Waals surface area contributed by atoms with E-state index in [1.807, 2.05) is 4.90 Å². The molecule has 1 amide bonds. The fraction of sp³-hybridized carbons (Fsp3) is 0.917. The zero-order valence-electron chi connectivity index (χ0n) is 9.91. The highest BCUT2D eigenvalue weighted by Crippen LogP contribution is 2.21. The molecule has 1 fully saturated rings. The largest absolute Gasteiger partial charge is 0.342 e. The van der Waals surface area contributed by atoms with Gasteiger partial charge in [0.15, 0.2) is 0 Å². The summed E-state index contributed by atoms with van der Waals surface area (Å²) in [7, 11) is 0. The molecule has 0 N–H and O–H groups in total. The lowest BCUT2D eigenvalue weighted by Gasteiger charge is -2.18. The van der Waals surface area contributed by atoms with Crippen LogP contribution in [-0.2, 0) is 4.79 Å². The molecule has 0 radical (unpaired) electrons. The number of carbonyl (C=O) groups is 1. The molecule has 0 aromatic rings. The lowest BCUT2D eigenvalue weighted by molar-refractivity contribution is -0.127. The second-order valence-electron chi connectivity index (χ2n) is 4.72. The van der Waals surface area contributed by atoms with Crippen LogP contribution in [0.25, 0.3) is 0 Å². The number of hydrogen-bond acceptors (Lipinski definition) is 2. The maximum absolute atomic E-state index is 11.6. The third-order valence-electron chi connectivity index (χ3n) is 3.39. The molecular weight excluding hydrogens is 206 g/mol. The van der Waals surface area contributed by atoms with Crippen molar-refractivity contribution in [2.24, 2.45) is 11.8 Å². The van der Waals surface area contributed by atoms with Crippen LogP contribution in [0.5, 0.6) is 0 Å². The quantitative estimate of drug-likeness (QED) is 0.694. The van der Waals surface area contributed by atoms with Crippen LogP contribution < -0.4 is 0 Å². The number of nitrogens with zero attached hydrogens (tertiary/aromatic N) is 1. The summed E-state index contributed by atoms with van der Waals surface area (Å²) in [5.74, 6) is 2.61. The molecule has 1 heterocycles. The molecule has 0 bridgehead atoms. The SMILES string of the molecule is CCC1CC(=O)N(CCC(C)CCS)C1. The lowest BCUT2D eigenvalue weighted by atomic mass is 10.0.